The summed E-state index contributed by atoms with van der Waals surface area (Å²) >= 11 is 11.4. The van der Waals surface area contributed by atoms with Crippen LogP contribution >= 0.6 is 23.2 Å². The lowest BCUT2D eigenvalue weighted by Crippen LogP contribution is -2.13. The highest BCUT2D eigenvalue weighted by Gasteiger charge is 2.13. The normalized spacial score (nSPS) is 10.3. The Morgan fingerprint density at radius 3 is 2.53 bits per heavy atom. The van der Waals surface area contributed by atoms with Gasteiger partial charge in [0.25, 0.3) is 5.91 Å². The molecule has 7 heteroatoms. The summed E-state index contributed by atoms with van der Waals surface area (Å²) in [5.74, 6) is -1.69. The number of hydrogen-bond acceptors (Lipinski definition) is 3. The summed E-state index contributed by atoms with van der Waals surface area (Å²) in [4.78, 5) is 15.4. The summed E-state index contributed by atoms with van der Waals surface area (Å²) in [5, 5.41) is 11.8. The van der Waals surface area contributed by atoms with Crippen LogP contribution in [0.5, 0.6) is 5.75 Å². The van der Waals surface area contributed by atoms with Crippen molar-refractivity contribution in [2.24, 2.45) is 0 Å². The number of benzene rings is 1. The van der Waals surface area contributed by atoms with Gasteiger partial charge in [-0.3, -0.25) is 9.78 Å². The van der Waals surface area contributed by atoms with Gasteiger partial charge in [0.2, 0.25) is 0 Å². The lowest BCUT2D eigenvalue weighted by atomic mass is 10.2. The predicted molar refractivity (Wildman–Crippen MR) is 70.3 cm³/mol. The lowest BCUT2D eigenvalue weighted by molar-refractivity contribution is 0.102. The van der Waals surface area contributed by atoms with Crippen LogP contribution in [0, 0.1) is 5.82 Å². The lowest BCUT2D eigenvalue weighted by Gasteiger charge is -2.08. The molecule has 2 rings (SSSR count). The topological polar surface area (TPSA) is 62.2 Å². The van der Waals surface area contributed by atoms with E-state index >= 15 is 0 Å². The van der Waals surface area contributed by atoms with E-state index in [0.29, 0.717) is 0 Å². The standard InChI is InChI=1S/C12H7Cl2FN2O2/c13-8-3-6(4-9(14)11(8)18)17-12(19)7-1-2-16-5-10(7)15/h1-5,18H,(H,17,19). The van der Waals surface area contributed by atoms with Crippen LogP contribution in [0.1, 0.15) is 10.4 Å². The Balaban J connectivity index is 2.27. The minimum Gasteiger partial charge on any atom is -0.505 e. The van der Waals surface area contributed by atoms with Crippen LogP contribution in [0.2, 0.25) is 10.0 Å². The number of pyridine rings is 1. The SMILES string of the molecule is O=C(Nc1cc(Cl)c(O)c(Cl)c1)c1ccncc1F. The first-order valence-corrected chi connectivity index (χ1v) is 5.83. The molecule has 0 aliphatic heterocycles. The third-order valence-electron chi connectivity index (χ3n) is 2.29. The van der Waals surface area contributed by atoms with Crippen molar-refractivity contribution in [1.82, 2.24) is 4.98 Å². The van der Waals surface area contributed by atoms with Crippen molar-refractivity contribution in [1.29, 1.82) is 0 Å². The Morgan fingerprint density at radius 1 is 1.32 bits per heavy atom. The van der Waals surface area contributed by atoms with Crippen molar-refractivity contribution in [3.8, 4) is 5.75 Å². The molecule has 1 aromatic carbocycles. The van der Waals surface area contributed by atoms with Crippen molar-refractivity contribution in [3.63, 3.8) is 0 Å². The van der Waals surface area contributed by atoms with Crippen LogP contribution < -0.4 is 5.32 Å². The van der Waals surface area contributed by atoms with Crippen LogP contribution in [-0.2, 0) is 0 Å². The second-order valence-electron chi connectivity index (χ2n) is 3.60. The van der Waals surface area contributed by atoms with Crippen molar-refractivity contribution in [3.05, 3.63) is 52.0 Å². The molecule has 4 nitrogen and oxygen atoms in total. The van der Waals surface area contributed by atoms with E-state index < -0.39 is 11.7 Å². The average molecular weight is 301 g/mol. The molecule has 0 radical (unpaired) electrons. The Hall–Kier alpha value is -1.85. The molecule has 0 spiro atoms. The van der Waals surface area contributed by atoms with E-state index in [1.165, 1.54) is 24.4 Å². The summed E-state index contributed by atoms with van der Waals surface area (Å²) in [6.07, 6.45) is 2.24. The van der Waals surface area contributed by atoms with Gasteiger partial charge in [-0.25, -0.2) is 4.39 Å². The smallest absolute Gasteiger partial charge is 0.258 e. The zero-order valence-electron chi connectivity index (χ0n) is 9.32. The number of nitrogens with zero attached hydrogens (tertiary/aromatic N) is 1. The van der Waals surface area contributed by atoms with Gasteiger partial charge in [0, 0.05) is 11.9 Å². The Bertz CT molecular complexity index is 626. The van der Waals surface area contributed by atoms with Crippen molar-refractivity contribution < 1.29 is 14.3 Å². The van der Waals surface area contributed by atoms with E-state index in [1.54, 1.807) is 0 Å². The fourth-order valence-corrected chi connectivity index (χ4v) is 1.88. The first kappa shape index (κ1) is 13.6. The highest BCUT2D eigenvalue weighted by atomic mass is 35.5. The molecule has 98 valence electrons. The third kappa shape index (κ3) is 2.94. The van der Waals surface area contributed by atoms with Gasteiger partial charge >= 0.3 is 0 Å². The van der Waals surface area contributed by atoms with E-state index in [0.717, 1.165) is 6.20 Å². The molecule has 1 amide bonds. The molecule has 2 N–H and O–H groups in total. The maximum absolute atomic E-state index is 13.3. The molecule has 0 aliphatic rings. The minimum absolute atomic E-state index is 0.0157. The molecule has 0 saturated carbocycles. The van der Waals surface area contributed by atoms with Crippen LogP contribution in [0.25, 0.3) is 0 Å². The number of aromatic hydroxyl groups is 1. The molecule has 0 aliphatic carbocycles. The predicted octanol–water partition coefficient (Wildman–Crippen LogP) is 3.49. The molecular formula is C12H7Cl2FN2O2. The highest BCUT2D eigenvalue weighted by Crippen LogP contribution is 2.34. The van der Waals surface area contributed by atoms with Crippen LogP contribution in [-0.4, -0.2) is 16.0 Å². The molecule has 0 saturated heterocycles. The number of aromatic nitrogens is 1. The van der Waals surface area contributed by atoms with Crippen molar-refractivity contribution in [2.45, 2.75) is 0 Å². The quantitative estimate of drug-likeness (QED) is 0.835. The summed E-state index contributed by atoms with van der Waals surface area (Å²) in [6.45, 7) is 0. The fourth-order valence-electron chi connectivity index (χ4n) is 1.40. The fraction of sp³-hybridized carbons (Fsp3) is 0. The molecule has 1 aromatic heterocycles. The van der Waals surface area contributed by atoms with Gasteiger partial charge in [0.05, 0.1) is 21.8 Å². The third-order valence-corrected chi connectivity index (χ3v) is 2.87. The first-order valence-electron chi connectivity index (χ1n) is 5.08. The molecule has 2 aromatic rings. The summed E-state index contributed by atoms with van der Waals surface area (Å²) in [5.41, 5.74) is 0.0873. The number of carbonyl (C=O) groups excluding carboxylic acids is 1. The van der Waals surface area contributed by atoms with Crippen LogP contribution in [0.15, 0.2) is 30.6 Å². The second-order valence-corrected chi connectivity index (χ2v) is 4.41. The highest BCUT2D eigenvalue weighted by molar-refractivity contribution is 6.37. The molecule has 19 heavy (non-hydrogen) atoms. The molecule has 1 heterocycles. The Kier molecular flexibility index (Phi) is 3.87. The number of phenols is 1. The Labute approximate surface area is 117 Å². The number of anilines is 1. The molecular weight excluding hydrogens is 294 g/mol. The van der Waals surface area contributed by atoms with Gasteiger partial charge in [0.1, 0.15) is 0 Å². The van der Waals surface area contributed by atoms with Gasteiger partial charge in [-0.05, 0) is 18.2 Å². The van der Waals surface area contributed by atoms with E-state index in [1.807, 2.05) is 0 Å². The average Bonchev–Trinajstić information content (AvgIpc) is 2.36. The van der Waals surface area contributed by atoms with Gasteiger partial charge < -0.3 is 10.4 Å². The maximum Gasteiger partial charge on any atom is 0.258 e. The number of hydrogen-bond donors (Lipinski definition) is 2. The Morgan fingerprint density at radius 2 is 1.95 bits per heavy atom. The van der Waals surface area contributed by atoms with Gasteiger partial charge in [-0.1, -0.05) is 23.2 Å². The molecule has 0 atom stereocenters. The summed E-state index contributed by atoms with van der Waals surface area (Å²) < 4.78 is 13.3. The number of rotatable bonds is 2. The second kappa shape index (κ2) is 5.42. The molecule has 0 fully saturated rings. The van der Waals surface area contributed by atoms with Crippen LogP contribution in [0.3, 0.4) is 0 Å². The number of amides is 1. The van der Waals surface area contributed by atoms with E-state index in [2.05, 4.69) is 10.3 Å². The number of nitrogens with one attached hydrogen (secondary N) is 1. The summed E-state index contributed by atoms with van der Waals surface area (Å²) in [7, 11) is 0. The van der Waals surface area contributed by atoms with E-state index in [4.69, 9.17) is 23.2 Å². The zero-order chi connectivity index (χ0) is 14.0. The largest absolute Gasteiger partial charge is 0.505 e. The van der Waals surface area contributed by atoms with Crippen LogP contribution in [0.4, 0.5) is 10.1 Å². The number of halogens is 3. The van der Waals surface area contributed by atoms with E-state index in [9.17, 15) is 14.3 Å². The summed E-state index contributed by atoms with van der Waals surface area (Å²) in [6, 6.07) is 3.85. The van der Waals surface area contributed by atoms with Gasteiger partial charge in [-0.2, -0.15) is 0 Å². The monoisotopic (exact) mass is 300 g/mol. The zero-order valence-corrected chi connectivity index (χ0v) is 10.8. The maximum atomic E-state index is 13.3. The van der Waals surface area contributed by atoms with Gasteiger partial charge in [0.15, 0.2) is 11.6 Å². The minimum atomic E-state index is -0.740. The number of phenolic OH excluding ortho intramolecular Hbond substituents is 1. The molecule has 0 unspecified atom stereocenters. The first-order chi connectivity index (χ1) is 8.99. The number of carbonyl (C=O) groups is 1. The molecule has 0 bridgehead atoms. The van der Waals surface area contributed by atoms with Gasteiger partial charge in [-0.15, -0.1) is 0 Å². The van der Waals surface area contributed by atoms with Crippen molar-refractivity contribution in [2.75, 3.05) is 5.32 Å². The van der Waals surface area contributed by atoms with E-state index in [-0.39, 0.29) is 27.0 Å². The van der Waals surface area contributed by atoms with Crippen molar-refractivity contribution >= 4 is 34.8 Å².